The predicted molar refractivity (Wildman–Crippen MR) is 65.2 cm³/mol. The van der Waals surface area contributed by atoms with Gasteiger partial charge in [-0.1, -0.05) is 25.1 Å². The van der Waals surface area contributed by atoms with Crippen LogP contribution in [0.2, 0.25) is 0 Å². The van der Waals surface area contributed by atoms with E-state index in [0.29, 0.717) is 0 Å². The van der Waals surface area contributed by atoms with Crippen molar-refractivity contribution in [1.29, 1.82) is 0 Å². The second-order valence-electron chi connectivity index (χ2n) is 5.25. The lowest BCUT2D eigenvalue weighted by molar-refractivity contribution is -0.0725. The van der Waals surface area contributed by atoms with Crippen molar-refractivity contribution in [3.05, 3.63) is 29.8 Å². The molecule has 1 aliphatic heterocycles. The van der Waals surface area contributed by atoms with E-state index in [1.54, 1.807) is 0 Å². The molecular weight excluding hydrogens is 198 g/mol. The Labute approximate surface area is 97.0 Å². The molecule has 1 N–H and O–H groups in total. The molecule has 0 amide bonds. The van der Waals surface area contributed by atoms with E-state index in [4.69, 9.17) is 4.74 Å². The first-order valence-corrected chi connectivity index (χ1v) is 6.27. The molecule has 3 rings (SSSR count). The van der Waals surface area contributed by atoms with Crippen molar-refractivity contribution in [2.45, 2.75) is 44.9 Å². The van der Waals surface area contributed by atoms with Crippen molar-refractivity contribution in [2.75, 3.05) is 5.32 Å². The van der Waals surface area contributed by atoms with Crippen LogP contribution in [0.3, 0.4) is 0 Å². The molecule has 86 valence electrons. The van der Waals surface area contributed by atoms with Gasteiger partial charge in [-0.3, -0.25) is 0 Å². The summed E-state index contributed by atoms with van der Waals surface area (Å²) in [5.41, 5.74) is 2.48. The Hall–Kier alpha value is -1.02. The van der Waals surface area contributed by atoms with E-state index in [1.165, 1.54) is 24.1 Å². The topological polar surface area (TPSA) is 21.3 Å². The van der Waals surface area contributed by atoms with E-state index in [9.17, 15) is 0 Å². The second kappa shape index (κ2) is 3.77. The van der Waals surface area contributed by atoms with Crippen LogP contribution in [0.4, 0.5) is 5.69 Å². The number of anilines is 1. The van der Waals surface area contributed by atoms with Crippen LogP contribution in [0.5, 0.6) is 0 Å². The molecule has 0 atom stereocenters. The molecule has 0 saturated heterocycles. The zero-order valence-electron chi connectivity index (χ0n) is 9.83. The largest absolute Gasteiger partial charge is 0.357 e. The van der Waals surface area contributed by atoms with Crippen LogP contribution in [-0.4, -0.2) is 5.72 Å². The molecule has 0 bridgehead atoms. The first kappa shape index (κ1) is 10.2. The fraction of sp³-hybridized carbons (Fsp3) is 0.571. The average Bonchev–Trinajstić information content (AvgIpc) is 2.33. The SMILES string of the molecule is CC1CCC2(CC1)Nc1ccccc1CO2. The Morgan fingerprint density at radius 3 is 2.81 bits per heavy atom. The minimum atomic E-state index is -0.0686. The molecule has 1 heterocycles. The third kappa shape index (κ3) is 1.71. The number of nitrogens with one attached hydrogen (secondary N) is 1. The molecule has 2 aliphatic rings. The van der Waals surface area contributed by atoms with Gasteiger partial charge in [0.25, 0.3) is 0 Å². The molecule has 16 heavy (non-hydrogen) atoms. The molecule has 0 radical (unpaired) electrons. The highest BCUT2D eigenvalue weighted by atomic mass is 16.5. The Morgan fingerprint density at radius 2 is 2.00 bits per heavy atom. The Balaban J connectivity index is 1.82. The fourth-order valence-electron chi connectivity index (χ4n) is 2.76. The number of hydrogen-bond donors (Lipinski definition) is 1. The molecule has 1 aliphatic carbocycles. The first-order valence-electron chi connectivity index (χ1n) is 6.27. The van der Waals surface area contributed by atoms with Gasteiger partial charge >= 0.3 is 0 Å². The maximum atomic E-state index is 6.07. The third-order valence-electron chi connectivity index (χ3n) is 3.97. The summed E-state index contributed by atoms with van der Waals surface area (Å²) in [6.45, 7) is 3.10. The van der Waals surface area contributed by atoms with Gasteiger partial charge in [-0.2, -0.15) is 0 Å². The van der Waals surface area contributed by atoms with Crippen LogP contribution in [0, 0.1) is 5.92 Å². The number of rotatable bonds is 0. The predicted octanol–water partition coefficient (Wildman–Crippen LogP) is 3.54. The number of benzene rings is 1. The molecule has 1 aromatic rings. The summed E-state index contributed by atoms with van der Waals surface area (Å²) in [5.74, 6) is 0.855. The summed E-state index contributed by atoms with van der Waals surface area (Å²) >= 11 is 0. The van der Waals surface area contributed by atoms with E-state index in [1.807, 2.05) is 0 Å². The van der Waals surface area contributed by atoms with Crippen molar-refractivity contribution in [2.24, 2.45) is 5.92 Å². The van der Waals surface area contributed by atoms with Gasteiger partial charge in [-0.25, -0.2) is 0 Å². The van der Waals surface area contributed by atoms with Crippen molar-refractivity contribution in [3.8, 4) is 0 Å². The van der Waals surface area contributed by atoms with E-state index in [0.717, 1.165) is 25.4 Å². The normalized spacial score (nSPS) is 33.2. The summed E-state index contributed by atoms with van der Waals surface area (Å²) < 4.78 is 6.07. The molecule has 1 spiro atoms. The summed E-state index contributed by atoms with van der Waals surface area (Å²) in [4.78, 5) is 0. The molecule has 1 aromatic carbocycles. The summed E-state index contributed by atoms with van der Waals surface area (Å²) in [7, 11) is 0. The lowest BCUT2D eigenvalue weighted by Gasteiger charge is -2.43. The quantitative estimate of drug-likeness (QED) is 0.717. The molecule has 2 heteroatoms. The van der Waals surface area contributed by atoms with Gasteiger partial charge in [0, 0.05) is 11.3 Å². The summed E-state index contributed by atoms with van der Waals surface area (Å²) in [6.07, 6.45) is 4.83. The van der Waals surface area contributed by atoms with Crippen LogP contribution < -0.4 is 5.32 Å². The molecule has 0 unspecified atom stereocenters. The average molecular weight is 217 g/mol. The third-order valence-corrected chi connectivity index (χ3v) is 3.97. The van der Waals surface area contributed by atoms with Gasteiger partial charge < -0.3 is 10.1 Å². The van der Waals surface area contributed by atoms with Gasteiger partial charge in [-0.15, -0.1) is 0 Å². The Kier molecular flexibility index (Phi) is 2.40. The maximum absolute atomic E-state index is 6.07. The highest BCUT2D eigenvalue weighted by Crippen LogP contribution is 2.39. The van der Waals surface area contributed by atoms with Crippen LogP contribution in [-0.2, 0) is 11.3 Å². The summed E-state index contributed by atoms with van der Waals surface area (Å²) in [6, 6.07) is 8.47. The lowest BCUT2D eigenvalue weighted by Crippen LogP contribution is -2.46. The van der Waals surface area contributed by atoms with E-state index < -0.39 is 0 Å². The monoisotopic (exact) mass is 217 g/mol. The summed E-state index contributed by atoms with van der Waals surface area (Å²) in [5, 5.41) is 3.61. The van der Waals surface area contributed by atoms with Gasteiger partial charge in [0.15, 0.2) is 0 Å². The maximum Gasteiger partial charge on any atom is 0.139 e. The van der Waals surface area contributed by atoms with Crippen molar-refractivity contribution >= 4 is 5.69 Å². The van der Waals surface area contributed by atoms with Gasteiger partial charge in [0.2, 0.25) is 0 Å². The minimum Gasteiger partial charge on any atom is -0.357 e. The van der Waals surface area contributed by atoms with Crippen LogP contribution in [0.1, 0.15) is 38.2 Å². The molecule has 0 aromatic heterocycles. The zero-order chi connectivity index (χ0) is 11.0. The molecule has 1 saturated carbocycles. The van der Waals surface area contributed by atoms with Crippen LogP contribution >= 0.6 is 0 Å². The fourth-order valence-corrected chi connectivity index (χ4v) is 2.76. The zero-order valence-corrected chi connectivity index (χ0v) is 9.83. The van der Waals surface area contributed by atoms with E-state index in [-0.39, 0.29) is 5.72 Å². The molecule has 2 nitrogen and oxygen atoms in total. The molecular formula is C14H19NO. The van der Waals surface area contributed by atoms with Crippen LogP contribution in [0.25, 0.3) is 0 Å². The van der Waals surface area contributed by atoms with E-state index >= 15 is 0 Å². The minimum absolute atomic E-state index is 0.0686. The number of para-hydroxylation sites is 1. The second-order valence-corrected chi connectivity index (χ2v) is 5.25. The van der Waals surface area contributed by atoms with E-state index in [2.05, 4.69) is 36.5 Å². The smallest absolute Gasteiger partial charge is 0.139 e. The highest BCUT2D eigenvalue weighted by Gasteiger charge is 2.37. The van der Waals surface area contributed by atoms with Gasteiger partial charge in [-0.05, 0) is 37.7 Å². The number of hydrogen-bond acceptors (Lipinski definition) is 2. The number of ether oxygens (including phenoxy) is 1. The Morgan fingerprint density at radius 1 is 1.25 bits per heavy atom. The van der Waals surface area contributed by atoms with Crippen molar-refractivity contribution < 1.29 is 4.74 Å². The van der Waals surface area contributed by atoms with Crippen LogP contribution in [0.15, 0.2) is 24.3 Å². The first-order chi connectivity index (χ1) is 7.77. The van der Waals surface area contributed by atoms with Gasteiger partial charge in [0.05, 0.1) is 6.61 Å². The van der Waals surface area contributed by atoms with Crippen molar-refractivity contribution in [3.63, 3.8) is 0 Å². The number of fused-ring (bicyclic) bond motifs is 1. The highest BCUT2D eigenvalue weighted by molar-refractivity contribution is 5.53. The van der Waals surface area contributed by atoms with Crippen molar-refractivity contribution in [1.82, 2.24) is 0 Å². The Bertz CT molecular complexity index is 380. The van der Waals surface area contributed by atoms with Gasteiger partial charge in [0.1, 0.15) is 5.72 Å². The molecule has 1 fully saturated rings. The lowest BCUT2D eigenvalue weighted by atomic mass is 9.83. The standard InChI is InChI=1S/C14H19NO/c1-11-6-8-14(9-7-11)15-13-5-3-2-4-12(13)10-16-14/h2-5,11,15H,6-10H2,1H3.